The Balaban J connectivity index is -0.00000000567. The quantitative estimate of drug-likeness (QED) is 0.487. The molecule has 0 atom stereocenters. The van der Waals surface area contributed by atoms with Gasteiger partial charge in [0.05, 0.1) is 0 Å². The van der Waals surface area contributed by atoms with E-state index >= 15 is 0 Å². The van der Waals surface area contributed by atoms with Gasteiger partial charge in [0, 0.05) is 6.61 Å². The van der Waals surface area contributed by atoms with Crippen molar-refractivity contribution in [1.29, 1.82) is 0 Å². The fourth-order valence-electron chi connectivity index (χ4n) is 0. The van der Waals surface area contributed by atoms with Gasteiger partial charge in [0.1, 0.15) is 0 Å². The third-order valence-electron chi connectivity index (χ3n) is 0. The van der Waals surface area contributed by atoms with Gasteiger partial charge in [-0.1, -0.05) is 0 Å². The van der Waals surface area contributed by atoms with Crippen LogP contribution >= 0.6 is 0 Å². The molecule has 1 N–H and O–H groups in total. The normalized spacial score (nSPS) is 4.00. The van der Waals surface area contributed by atoms with Crippen LogP contribution < -0.4 is 0 Å². The van der Waals surface area contributed by atoms with Crippen LogP contribution in [-0.2, 0) is 21.8 Å². The zero-order valence-corrected chi connectivity index (χ0v) is 8.36. The third-order valence-corrected chi connectivity index (χ3v) is 0. The Morgan fingerprint density at radius 2 is 1.83 bits per heavy atom. The second-order valence-electron chi connectivity index (χ2n) is 0.316. The van der Waals surface area contributed by atoms with Crippen LogP contribution in [0.5, 0.6) is 0 Å². The molecule has 0 aromatic carbocycles. The molecule has 2 nitrogen and oxygen atoms in total. The molecular formula is C2H8MgO2Zn. The summed E-state index contributed by atoms with van der Waals surface area (Å²) in [5.41, 5.74) is 0. The standard InChI is InChI=1S/C2H6O.Mg.O.Zn.2H/c1-2-3;;;;;/h3H,2H2,1H3;;;;;/q;+2;;;2*-1. The second-order valence-corrected chi connectivity index (χ2v) is 0.316. The van der Waals surface area contributed by atoms with Gasteiger partial charge in [-0.05, 0) is 6.92 Å². The zero-order valence-electron chi connectivity index (χ0n) is 5.98. The predicted octanol–water partition coefficient (Wildman–Crippen LogP) is -0.279. The van der Waals surface area contributed by atoms with Gasteiger partial charge in [-0.3, -0.25) is 0 Å². The molecule has 0 fully saturated rings. The zero-order chi connectivity index (χ0) is 4.71. The average Bonchev–Trinajstić information content (AvgIpc) is 1.46. The summed E-state index contributed by atoms with van der Waals surface area (Å²) < 4.78 is 8.38. The molecule has 0 aliphatic carbocycles. The average molecular weight is 154 g/mol. The van der Waals surface area contributed by atoms with Crippen LogP contribution in [0.25, 0.3) is 0 Å². The Morgan fingerprint density at radius 1 is 1.83 bits per heavy atom. The van der Waals surface area contributed by atoms with Crippen molar-refractivity contribution in [3.05, 3.63) is 0 Å². The van der Waals surface area contributed by atoms with E-state index in [1.54, 1.807) is 6.92 Å². The molecule has 0 saturated heterocycles. The van der Waals surface area contributed by atoms with E-state index in [0.29, 0.717) is 0 Å². The Morgan fingerprint density at radius 3 is 1.83 bits per heavy atom. The molecule has 0 radical (unpaired) electrons. The fraction of sp³-hybridized carbons (Fsp3) is 1.00. The van der Waals surface area contributed by atoms with Crippen LogP contribution in [0.2, 0.25) is 0 Å². The van der Waals surface area contributed by atoms with Crippen LogP contribution in [0.3, 0.4) is 0 Å². The summed E-state index contributed by atoms with van der Waals surface area (Å²) in [7, 11) is 0. The number of hydrogen-bond donors (Lipinski definition) is 1. The first-order valence-corrected chi connectivity index (χ1v) is 2.52. The summed E-state index contributed by atoms with van der Waals surface area (Å²) in [6.45, 7) is 1.93. The third kappa shape index (κ3) is 67.1. The Hall–Kier alpha value is 1.15. The van der Waals surface area contributed by atoms with Crippen LogP contribution in [0.15, 0.2) is 0 Å². The Labute approximate surface area is 66.4 Å². The van der Waals surface area contributed by atoms with Crippen molar-refractivity contribution in [2.24, 2.45) is 0 Å². The molecule has 0 aliphatic heterocycles. The molecule has 0 saturated carbocycles. The fourth-order valence-corrected chi connectivity index (χ4v) is 0. The van der Waals surface area contributed by atoms with E-state index in [9.17, 15) is 0 Å². The van der Waals surface area contributed by atoms with Crippen molar-refractivity contribution >= 4 is 23.1 Å². The van der Waals surface area contributed by atoms with Gasteiger partial charge in [0.25, 0.3) is 0 Å². The van der Waals surface area contributed by atoms with Gasteiger partial charge < -0.3 is 7.96 Å². The molecule has 32 valence electrons. The Kier molecular flexibility index (Phi) is 92.4. The van der Waals surface area contributed by atoms with Crippen LogP contribution in [0.4, 0.5) is 0 Å². The van der Waals surface area contributed by atoms with Crippen molar-refractivity contribution in [3.8, 4) is 0 Å². The van der Waals surface area contributed by atoms with E-state index in [1.165, 1.54) is 0 Å². The molecular weight excluding hydrogens is 146 g/mol. The van der Waals surface area contributed by atoms with Gasteiger partial charge in [0.2, 0.25) is 0 Å². The number of aliphatic hydroxyl groups excluding tert-OH is 1. The van der Waals surface area contributed by atoms with Crippen LogP contribution in [0, 0.1) is 0 Å². The van der Waals surface area contributed by atoms with Crippen molar-refractivity contribution in [1.82, 2.24) is 0 Å². The molecule has 0 aromatic rings. The number of aliphatic hydroxyl groups is 1. The van der Waals surface area contributed by atoms with Crippen LogP contribution in [-0.4, -0.2) is 34.8 Å². The number of rotatable bonds is 0. The molecule has 0 unspecified atom stereocenters. The molecule has 0 aromatic heterocycles. The maximum atomic E-state index is 8.38. The predicted molar refractivity (Wildman–Crippen MR) is 21.4 cm³/mol. The van der Waals surface area contributed by atoms with Gasteiger partial charge in [-0.2, -0.15) is 0 Å². The summed E-state index contributed by atoms with van der Waals surface area (Å²) in [6.07, 6.45) is 0. The second kappa shape index (κ2) is 35.3. The van der Waals surface area contributed by atoms with E-state index in [2.05, 4.69) is 0 Å². The molecule has 0 rings (SSSR count). The molecule has 0 aliphatic rings. The van der Waals surface area contributed by atoms with Crippen molar-refractivity contribution in [3.63, 3.8) is 0 Å². The van der Waals surface area contributed by atoms with Gasteiger partial charge in [-0.15, -0.1) is 0 Å². The van der Waals surface area contributed by atoms with Crippen LogP contribution in [0.1, 0.15) is 9.78 Å². The minimum absolute atomic E-state index is 0. The first-order valence-electron chi connectivity index (χ1n) is 1.31. The van der Waals surface area contributed by atoms with E-state index < -0.39 is 0 Å². The molecule has 0 spiro atoms. The summed E-state index contributed by atoms with van der Waals surface area (Å²) >= 11 is 0.125. The summed E-state index contributed by atoms with van der Waals surface area (Å²) in [4.78, 5) is 0. The SMILES string of the molecule is CCO.[H-].[H-].[Mg+2].[O]=[Zn]. The van der Waals surface area contributed by atoms with E-state index in [0.717, 1.165) is 0 Å². The summed E-state index contributed by atoms with van der Waals surface area (Å²) in [5.74, 6) is 0. The van der Waals surface area contributed by atoms with Gasteiger partial charge >= 0.3 is 44.9 Å². The molecule has 0 bridgehead atoms. The van der Waals surface area contributed by atoms with E-state index in [-0.39, 0.29) is 50.8 Å². The molecule has 6 heavy (non-hydrogen) atoms. The van der Waals surface area contributed by atoms with Gasteiger partial charge in [-0.25, -0.2) is 0 Å². The first-order chi connectivity index (χ1) is 2.41. The van der Waals surface area contributed by atoms with Crippen molar-refractivity contribution < 1.29 is 29.8 Å². The topological polar surface area (TPSA) is 37.3 Å². The monoisotopic (exact) mass is 152 g/mol. The summed E-state index contributed by atoms with van der Waals surface area (Å²) in [5, 5.41) is 7.57. The van der Waals surface area contributed by atoms with Crippen molar-refractivity contribution in [2.45, 2.75) is 6.92 Å². The number of hydrogen-bond acceptors (Lipinski definition) is 2. The molecule has 0 amide bonds. The Bertz CT molecular complexity index is 22.0. The van der Waals surface area contributed by atoms with Gasteiger partial charge in [0.15, 0.2) is 0 Å². The summed E-state index contributed by atoms with van der Waals surface area (Å²) in [6, 6.07) is 0. The van der Waals surface area contributed by atoms with E-state index in [4.69, 9.17) is 8.68 Å². The maximum absolute atomic E-state index is 8.38. The van der Waals surface area contributed by atoms with Crippen molar-refractivity contribution in [2.75, 3.05) is 6.61 Å². The molecule has 0 heterocycles. The van der Waals surface area contributed by atoms with E-state index in [1.807, 2.05) is 0 Å². The minimum atomic E-state index is 0. The molecule has 4 heteroatoms. The first kappa shape index (κ1) is 15.7.